The summed E-state index contributed by atoms with van der Waals surface area (Å²) < 4.78 is 0. The summed E-state index contributed by atoms with van der Waals surface area (Å²) in [5.41, 5.74) is 0. The summed E-state index contributed by atoms with van der Waals surface area (Å²) in [6, 6.07) is 0.0893. The molecular formula is C11H17NO3. The first kappa shape index (κ1) is 10.5. The highest BCUT2D eigenvalue weighted by molar-refractivity contribution is 5.81. The number of hydrogen-bond acceptors (Lipinski definition) is 2. The van der Waals surface area contributed by atoms with Crippen molar-refractivity contribution in [3.8, 4) is 0 Å². The van der Waals surface area contributed by atoms with Crippen molar-refractivity contribution in [2.45, 2.75) is 38.6 Å². The maximum Gasteiger partial charge on any atom is 0.306 e. The molecule has 0 spiro atoms. The standard InChI is InChI=1S/C11H17NO3/c1-6-4-9(6)10(13)12-8-3-2-7(5-8)11(14)15/h6-9H,2-5H2,1H3,(H,12,13)(H,14,15)/t6-,7+,8-,9+/m1/s1. The van der Waals surface area contributed by atoms with Gasteiger partial charge in [0.05, 0.1) is 5.92 Å². The summed E-state index contributed by atoms with van der Waals surface area (Å²) in [4.78, 5) is 22.3. The van der Waals surface area contributed by atoms with Crippen LogP contribution >= 0.6 is 0 Å². The summed E-state index contributed by atoms with van der Waals surface area (Å²) >= 11 is 0. The lowest BCUT2D eigenvalue weighted by atomic mass is 10.1. The van der Waals surface area contributed by atoms with Gasteiger partial charge in [-0.2, -0.15) is 0 Å². The van der Waals surface area contributed by atoms with E-state index in [4.69, 9.17) is 5.11 Å². The van der Waals surface area contributed by atoms with Crippen molar-refractivity contribution in [1.29, 1.82) is 0 Å². The lowest BCUT2D eigenvalue weighted by Gasteiger charge is -2.11. The Morgan fingerprint density at radius 1 is 1.27 bits per heavy atom. The summed E-state index contributed by atoms with van der Waals surface area (Å²) in [6.07, 6.45) is 3.09. The monoisotopic (exact) mass is 211 g/mol. The van der Waals surface area contributed by atoms with Gasteiger partial charge in [-0.3, -0.25) is 9.59 Å². The molecule has 4 nitrogen and oxygen atoms in total. The molecule has 0 bridgehead atoms. The lowest BCUT2D eigenvalue weighted by Crippen LogP contribution is -2.34. The Bertz CT molecular complexity index is 290. The van der Waals surface area contributed by atoms with Gasteiger partial charge in [0.15, 0.2) is 0 Å². The van der Waals surface area contributed by atoms with Gasteiger partial charge < -0.3 is 10.4 Å². The minimum atomic E-state index is -0.730. The molecule has 0 radical (unpaired) electrons. The fourth-order valence-corrected chi connectivity index (χ4v) is 2.33. The molecule has 2 aliphatic carbocycles. The number of aliphatic carboxylic acids is 1. The number of carbonyl (C=O) groups is 2. The first-order chi connectivity index (χ1) is 7.08. The SMILES string of the molecule is C[C@@H]1C[C@@H]1C(=O)N[C@@H]1CC[C@H](C(=O)O)C1. The molecule has 0 heterocycles. The van der Waals surface area contributed by atoms with Gasteiger partial charge in [0.2, 0.25) is 5.91 Å². The number of carboxylic acid groups (broad SMARTS) is 1. The maximum atomic E-state index is 11.6. The van der Waals surface area contributed by atoms with E-state index in [9.17, 15) is 9.59 Å². The third-order valence-corrected chi connectivity index (χ3v) is 3.57. The third-order valence-electron chi connectivity index (χ3n) is 3.57. The van der Waals surface area contributed by atoms with Crippen molar-refractivity contribution >= 4 is 11.9 Å². The van der Waals surface area contributed by atoms with E-state index in [1.807, 2.05) is 0 Å². The molecule has 0 aromatic carbocycles. The Kier molecular flexibility index (Phi) is 2.67. The molecule has 2 fully saturated rings. The average molecular weight is 211 g/mol. The molecule has 4 heteroatoms. The van der Waals surface area contributed by atoms with Crippen molar-refractivity contribution < 1.29 is 14.7 Å². The summed E-state index contributed by atoms with van der Waals surface area (Å²) in [6.45, 7) is 2.07. The van der Waals surface area contributed by atoms with Crippen LogP contribution in [0.2, 0.25) is 0 Å². The van der Waals surface area contributed by atoms with Crippen LogP contribution < -0.4 is 5.32 Å². The summed E-state index contributed by atoms with van der Waals surface area (Å²) in [7, 11) is 0. The highest BCUT2D eigenvalue weighted by Crippen LogP contribution is 2.38. The Labute approximate surface area is 89.0 Å². The summed E-state index contributed by atoms with van der Waals surface area (Å²) in [5.74, 6) is -0.160. The lowest BCUT2D eigenvalue weighted by molar-refractivity contribution is -0.141. The Hall–Kier alpha value is -1.06. The average Bonchev–Trinajstić information content (AvgIpc) is 2.73. The van der Waals surface area contributed by atoms with Gasteiger partial charge in [-0.1, -0.05) is 6.92 Å². The molecule has 0 aliphatic heterocycles. The van der Waals surface area contributed by atoms with Crippen LogP contribution in [0.3, 0.4) is 0 Å². The molecule has 2 rings (SSSR count). The second-order valence-corrected chi connectivity index (χ2v) is 4.87. The highest BCUT2D eigenvalue weighted by atomic mass is 16.4. The van der Waals surface area contributed by atoms with E-state index in [2.05, 4.69) is 12.2 Å². The zero-order valence-corrected chi connectivity index (χ0v) is 8.90. The molecule has 2 aliphatic rings. The van der Waals surface area contributed by atoms with Gasteiger partial charge >= 0.3 is 5.97 Å². The first-order valence-electron chi connectivity index (χ1n) is 5.61. The van der Waals surface area contributed by atoms with E-state index >= 15 is 0 Å². The number of hydrogen-bond donors (Lipinski definition) is 2. The van der Waals surface area contributed by atoms with Crippen LogP contribution in [0.15, 0.2) is 0 Å². The molecule has 4 atom stereocenters. The minimum absolute atomic E-state index is 0.0893. The van der Waals surface area contributed by atoms with Crippen LogP contribution in [0.5, 0.6) is 0 Å². The quantitative estimate of drug-likeness (QED) is 0.732. The van der Waals surface area contributed by atoms with Gasteiger partial charge in [-0.05, 0) is 31.6 Å². The van der Waals surface area contributed by atoms with E-state index in [0.29, 0.717) is 18.8 Å². The number of carbonyl (C=O) groups excluding carboxylic acids is 1. The van der Waals surface area contributed by atoms with E-state index in [1.165, 1.54) is 0 Å². The second-order valence-electron chi connectivity index (χ2n) is 4.87. The second kappa shape index (κ2) is 3.83. The zero-order chi connectivity index (χ0) is 11.0. The molecule has 0 saturated heterocycles. The smallest absolute Gasteiger partial charge is 0.306 e. The van der Waals surface area contributed by atoms with Crippen molar-refractivity contribution in [3.05, 3.63) is 0 Å². The number of nitrogens with one attached hydrogen (secondary N) is 1. The van der Waals surface area contributed by atoms with Crippen LogP contribution in [-0.2, 0) is 9.59 Å². The van der Waals surface area contributed by atoms with Gasteiger partial charge in [0.1, 0.15) is 0 Å². The van der Waals surface area contributed by atoms with Gasteiger partial charge in [0, 0.05) is 12.0 Å². The summed E-state index contributed by atoms with van der Waals surface area (Å²) in [5, 5.41) is 11.8. The molecular weight excluding hydrogens is 194 g/mol. The molecule has 0 unspecified atom stereocenters. The zero-order valence-electron chi connectivity index (χ0n) is 8.90. The minimum Gasteiger partial charge on any atom is -0.481 e. The van der Waals surface area contributed by atoms with E-state index < -0.39 is 5.97 Å². The van der Waals surface area contributed by atoms with E-state index in [1.54, 1.807) is 0 Å². The predicted molar refractivity (Wildman–Crippen MR) is 54.2 cm³/mol. The van der Waals surface area contributed by atoms with Crippen molar-refractivity contribution in [1.82, 2.24) is 5.32 Å². The van der Waals surface area contributed by atoms with E-state index in [0.717, 1.165) is 12.8 Å². The topological polar surface area (TPSA) is 66.4 Å². The fourth-order valence-electron chi connectivity index (χ4n) is 2.33. The maximum absolute atomic E-state index is 11.6. The Morgan fingerprint density at radius 2 is 1.93 bits per heavy atom. The number of carboxylic acids is 1. The molecule has 15 heavy (non-hydrogen) atoms. The Morgan fingerprint density at radius 3 is 2.40 bits per heavy atom. The van der Waals surface area contributed by atoms with Gasteiger partial charge in [-0.25, -0.2) is 0 Å². The fraction of sp³-hybridized carbons (Fsp3) is 0.818. The van der Waals surface area contributed by atoms with Gasteiger partial charge in [0.25, 0.3) is 0 Å². The molecule has 1 amide bonds. The number of amides is 1. The highest BCUT2D eigenvalue weighted by Gasteiger charge is 2.40. The number of rotatable bonds is 3. The van der Waals surface area contributed by atoms with Crippen LogP contribution in [0.4, 0.5) is 0 Å². The molecule has 84 valence electrons. The Balaban J connectivity index is 1.77. The third kappa shape index (κ3) is 2.30. The van der Waals surface area contributed by atoms with Crippen LogP contribution in [0.1, 0.15) is 32.6 Å². The normalized spacial score (nSPS) is 38.7. The van der Waals surface area contributed by atoms with Gasteiger partial charge in [-0.15, -0.1) is 0 Å². The predicted octanol–water partition coefficient (Wildman–Crippen LogP) is 1.01. The van der Waals surface area contributed by atoms with Crippen molar-refractivity contribution in [2.75, 3.05) is 0 Å². The van der Waals surface area contributed by atoms with E-state index in [-0.39, 0.29) is 23.8 Å². The molecule has 0 aromatic rings. The van der Waals surface area contributed by atoms with Crippen LogP contribution in [0.25, 0.3) is 0 Å². The largest absolute Gasteiger partial charge is 0.481 e. The molecule has 2 N–H and O–H groups in total. The van der Waals surface area contributed by atoms with Crippen molar-refractivity contribution in [2.24, 2.45) is 17.8 Å². The van der Waals surface area contributed by atoms with Crippen LogP contribution in [-0.4, -0.2) is 23.0 Å². The van der Waals surface area contributed by atoms with Crippen molar-refractivity contribution in [3.63, 3.8) is 0 Å². The first-order valence-corrected chi connectivity index (χ1v) is 5.61. The van der Waals surface area contributed by atoms with Crippen LogP contribution in [0, 0.1) is 17.8 Å². The molecule has 0 aromatic heterocycles. The molecule has 2 saturated carbocycles.